The van der Waals surface area contributed by atoms with E-state index in [1.807, 2.05) is 37.3 Å². The maximum Gasteiger partial charge on any atom is 0.266 e. The fraction of sp³-hybridized carbons (Fsp3) is 0.0476. The van der Waals surface area contributed by atoms with Gasteiger partial charge in [0, 0.05) is 11.6 Å². The van der Waals surface area contributed by atoms with Crippen LogP contribution in [0.15, 0.2) is 70.7 Å². The number of para-hydroxylation sites is 1. The summed E-state index contributed by atoms with van der Waals surface area (Å²) in [6, 6.07) is 20.1. The average Bonchev–Trinajstić information content (AvgIpc) is 3.10. The molecule has 2 aromatic carbocycles. The summed E-state index contributed by atoms with van der Waals surface area (Å²) >= 11 is 6.02. The molecule has 3 rings (SSSR count). The fourth-order valence-electron chi connectivity index (χ4n) is 2.35. The van der Waals surface area contributed by atoms with Crippen LogP contribution in [0.1, 0.15) is 11.3 Å². The fourth-order valence-corrected chi connectivity index (χ4v) is 2.53. The van der Waals surface area contributed by atoms with Gasteiger partial charge in [0.1, 0.15) is 23.2 Å². The number of carbonyl (C=O) groups excluding carboxylic acids is 1. The molecule has 0 saturated heterocycles. The van der Waals surface area contributed by atoms with Gasteiger partial charge in [0.25, 0.3) is 5.91 Å². The van der Waals surface area contributed by atoms with Crippen LogP contribution in [0.25, 0.3) is 17.4 Å². The van der Waals surface area contributed by atoms with E-state index in [0.717, 1.165) is 11.1 Å². The zero-order valence-corrected chi connectivity index (χ0v) is 14.7. The molecular weight excluding hydrogens is 348 g/mol. The Balaban J connectivity index is 1.81. The maximum atomic E-state index is 12.3. The Labute approximate surface area is 156 Å². The molecule has 1 aromatic heterocycles. The van der Waals surface area contributed by atoms with Crippen LogP contribution in [-0.4, -0.2) is 5.91 Å². The number of anilines is 1. The Morgan fingerprint density at radius 2 is 1.85 bits per heavy atom. The molecule has 26 heavy (non-hydrogen) atoms. The van der Waals surface area contributed by atoms with Crippen LogP contribution >= 0.6 is 11.6 Å². The van der Waals surface area contributed by atoms with Gasteiger partial charge in [-0.15, -0.1) is 0 Å². The molecule has 1 amide bonds. The quantitative estimate of drug-likeness (QED) is 0.495. The first-order valence-corrected chi connectivity index (χ1v) is 8.29. The van der Waals surface area contributed by atoms with Gasteiger partial charge in [0.15, 0.2) is 0 Å². The van der Waals surface area contributed by atoms with E-state index >= 15 is 0 Å². The first-order valence-electron chi connectivity index (χ1n) is 7.91. The van der Waals surface area contributed by atoms with Gasteiger partial charge >= 0.3 is 0 Å². The van der Waals surface area contributed by atoms with E-state index in [9.17, 15) is 10.1 Å². The molecule has 128 valence electrons. The highest BCUT2D eigenvalue weighted by molar-refractivity contribution is 6.34. The van der Waals surface area contributed by atoms with Gasteiger partial charge in [-0.05, 0) is 31.2 Å². The Bertz CT molecular complexity index is 1010. The smallest absolute Gasteiger partial charge is 0.266 e. The van der Waals surface area contributed by atoms with Crippen molar-refractivity contribution in [3.63, 3.8) is 0 Å². The second-order valence-corrected chi connectivity index (χ2v) is 6.08. The highest BCUT2D eigenvalue weighted by Gasteiger charge is 2.12. The lowest BCUT2D eigenvalue weighted by molar-refractivity contribution is -0.112. The number of benzene rings is 2. The minimum absolute atomic E-state index is 0.0743. The number of aryl methyl sites for hydroxylation is 1. The Hall–Kier alpha value is -3.29. The molecule has 0 saturated carbocycles. The van der Waals surface area contributed by atoms with E-state index in [1.54, 1.807) is 36.4 Å². The molecule has 4 nitrogen and oxygen atoms in total. The van der Waals surface area contributed by atoms with E-state index in [1.165, 1.54) is 6.08 Å². The lowest BCUT2D eigenvalue weighted by Gasteiger charge is -2.05. The predicted octanol–water partition coefficient (Wildman–Crippen LogP) is 5.45. The molecule has 1 N–H and O–H groups in total. The van der Waals surface area contributed by atoms with E-state index in [4.69, 9.17) is 16.0 Å². The van der Waals surface area contributed by atoms with Crippen molar-refractivity contribution in [3.8, 4) is 17.4 Å². The van der Waals surface area contributed by atoms with Crippen LogP contribution < -0.4 is 5.32 Å². The molecule has 0 fully saturated rings. The number of halogens is 1. The van der Waals surface area contributed by atoms with Crippen molar-refractivity contribution in [3.05, 3.63) is 82.6 Å². The third-order valence-electron chi connectivity index (χ3n) is 3.74. The first kappa shape index (κ1) is 17.5. The van der Waals surface area contributed by atoms with Crippen molar-refractivity contribution >= 4 is 29.3 Å². The summed E-state index contributed by atoms with van der Waals surface area (Å²) in [5.74, 6) is 0.542. The number of furan rings is 1. The molecule has 0 atom stereocenters. The monoisotopic (exact) mass is 362 g/mol. The summed E-state index contributed by atoms with van der Waals surface area (Å²) in [4.78, 5) is 12.3. The second kappa shape index (κ2) is 7.73. The predicted molar refractivity (Wildman–Crippen MR) is 103 cm³/mol. The molecule has 0 bridgehead atoms. The summed E-state index contributed by atoms with van der Waals surface area (Å²) in [6.45, 7) is 2.01. The van der Waals surface area contributed by atoms with Crippen LogP contribution in [0.5, 0.6) is 0 Å². The maximum absolute atomic E-state index is 12.3. The number of hydrogen-bond donors (Lipinski definition) is 1. The minimum atomic E-state index is -0.547. The van der Waals surface area contributed by atoms with Crippen molar-refractivity contribution in [2.45, 2.75) is 6.92 Å². The number of carbonyl (C=O) groups is 1. The normalized spacial score (nSPS) is 11.0. The SMILES string of the molecule is Cc1ccc(-c2ccc(/C=C(\C#N)C(=O)Nc3ccccc3Cl)o2)cc1. The molecule has 0 aliphatic rings. The highest BCUT2D eigenvalue weighted by Crippen LogP contribution is 2.25. The third-order valence-corrected chi connectivity index (χ3v) is 4.07. The minimum Gasteiger partial charge on any atom is -0.457 e. The van der Waals surface area contributed by atoms with Gasteiger partial charge in [-0.2, -0.15) is 5.26 Å². The molecule has 0 spiro atoms. The number of nitrogens with zero attached hydrogens (tertiary/aromatic N) is 1. The van der Waals surface area contributed by atoms with Crippen LogP contribution in [0.4, 0.5) is 5.69 Å². The molecule has 3 aromatic rings. The van der Waals surface area contributed by atoms with Crippen molar-refractivity contribution in [1.82, 2.24) is 0 Å². The van der Waals surface area contributed by atoms with Gasteiger partial charge < -0.3 is 9.73 Å². The highest BCUT2D eigenvalue weighted by atomic mass is 35.5. The van der Waals surface area contributed by atoms with Crippen molar-refractivity contribution in [2.75, 3.05) is 5.32 Å². The van der Waals surface area contributed by atoms with Gasteiger partial charge in [0.05, 0.1) is 10.7 Å². The van der Waals surface area contributed by atoms with Gasteiger partial charge in [-0.3, -0.25) is 4.79 Å². The van der Waals surface area contributed by atoms with Crippen molar-refractivity contribution < 1.29 is 9.21 Å². The Morgan fingerprint density at radius 1 is 1.12 bits per heavy atom. The third kappa shape index (κ3) is 4.02. The van der Waals surface area contributed by atoms with Crippen molar-refractivity contribution in [2.24, 2.45) is 0 Å². The Kier molecular flexibility index (Phi) is 5.21. The van der Waals surface area contributed by atoms with E-state index in [2.05, 4.69) is 5.32 Å². The van der Waals surface area contributed by atoms with Crippen LogP contribution in [0.3, 0.4) is 0 Å². The molecule has 5 heteroatoms. The van der Waals surface area contributed by atoms with Crippen LogP contribution in [0, 0.1) is 18.3 Å². The van der Waals surface area contributed by atoms with Gasteiger partial charge in [-0.1, -0.05) is 53.6 Å². The molecule has 0 radical (unpaired) electrons. The summed E-state index contributed by atoms with van der Waals surface area (Å²) in [5.41, 5.74) is 2.45. The topological polar surface area (TPSA) is 66.0 Å². The molecular formula is C21H15ClN2O2. The van der Waals surface area contributed by atoms with Gasteiger partial charge in [-0.25, -0.2) is 0 Å². The lowest BCUT2D eigenvalue weighted by Crippen LogP contribution is -2.13. The van der Waals surface area contributed by atoms with Crippen LogP contribution in [0.2, 0.25) is 5.02 Å². The molecule has 0 aliphatic heterocycles. The number of rotatable bonds is 4. The summed E-state index contributed by atoms with van der Waals surface area (Å²) < 4.78 is 5.73. The zero-order valence-electron chi connectivity index (χ0n) is 14.0. The van der Waals surface area contributed by atoms with E-state index < -0.39 is 5.91 Å². The zero-order chi connectivity index (χ0) is 18.5. The summed E-state index contributed by atoms with van der Waals surface area (Å²) in [5, 5.41) is 12.3. The standard InChI is InChI=1S/C21H15ClN2O2/c1-14-6-8-15(9-7-14)20-11-10-17(26-20)12-16(13-23)21(25)24-19-5-3-2-4-18(19)22/h2-12H,1H3,(H,24,25)/b16-12+. The largest absolute Gasteiger partial charge is 0.457 e. The number of hydrogen-bond acceptors (Lipinski definition) is 3. The average molecular weight is 363 g/mol. The lowest BCUT2D eigenvalue weighted by atomic mass is 10.1. The van der Waals surface area contributed by atoms with Crippen molar-refractivity contribution in [1.29, 1.82) is 5.26 Å². The van der Waals surface area contributed by atoms with Crippen LogP contribution in [-0.2, 0) is 4.79 Å². The number of amides is 1. The second-order valence-electron chi connectivity index (χ2n) is 5.67. The summed E-state index contributed by atoms with van der Waals surface area (Å²) in [7, 11) is 0. The number of nitrogens with one attached hydrogen (secondary N) is 1. The molecule has 0 unspecified atom stereocenters. The summed E-state index contributed by atoms with van der Waals surface area (Å²) in [6.07, 6.45) is 1.41. The van der Waals surface area contributed by atoms with E-state index in [-0.39, 0.29) is 5.57 Å². The Morgan fingerprint density at radius 3 is 2.54 bits per heavy atom. The van der Waals surface area contributed by atoms with Gasteiger partial charge in [0.2, 0.25) is 0 Å². The number of nitriles is 1. The van der Waals surface area contributed by atoms with E-state index in [0.29, 0.717) is 22.2 Å². The molecule has 0 aliphatic carbocycles. The molecule has 1 heterocycles. The first-order chi connectivity index (χ1) is 12.6.